The molecule has 0 saturated carbocycles. The molecule has 0 radical (unpaired) electrons. The fraction of sp³-hybridized carbons (Fsp3) is 0.148. The Labute approximate surface area is 191 Å². The first-order chi connectivity index (χ1) is 15.6. The number of anilines is 1. The highest BCUT2D eigenvalue weighted by Crippen LogP contribution is 2.33. The third-order valence-corrected chi connectivity index (χ3v) is 6.59. The molecular formula is C27H23N3OS. The number of fused-ring (bicyclic) bond motifs is 2. The molecule has 1 amide bonds. The molecular weight excluding hydrogens is 414 g/mol. The van der Waals surface area contributed by atoms with Crippen molar-refractivity contribution in [2.24, 2.45) is 0 Å². The van der Waals surface area contributed by atoms with E-state index in [-0.39, 0.29) is 5.91 Å². The Morgan fingerprint density at radius 1 is 0.938 bits per heavy atom. The fourth-order valence-electron chi connectivity index (χ4n) is 4.01. The molecule has 5 heteroatoms. The van der Waals surface area contributed by atoms with Gasteiger partial charge in [-0.1, -0.05) is 65.9 Å². The molecule has 5 aromatic rings. The molecule has 4 nitrogen and oxygen atoms in total. The van der Waals surface area contributed by atoms with Gasteiger partial charge in [-0.25, -0.2) is 4.98 Å². The van der Waals surface area contributed by atoms with Gasteiger partial charge in [-0.15, -0.1) is 0 Å². The van der Waals surface area contributed by atoms with Gasteiger partial charge in [0.05, 0.1) is 28.9 Å². The summed E-state index contributed by atoms with van der Waals surface area (Å²) < 4.78 is 1.10. The number of benzene rings is 3. The zero-order valence-corrected chi connectivity index (χ0v) is 18.9. The number of carbonyl (C=O) groups excluding carboxylic acids is 1. The first kappa shape index (κ1) is 20.3. The SMILES string of the molecule is Cc1cc(C)c2nc(N(Cc3ccccn3)C(=O)Cc3ccc4ccccc4c3)sc2c1. The Bertz CT molecular complexity index is 1430. The number of carbonyl (C=O) groups is 1. The number of rotatable bonds is 5. The molecule has 0 saturated heterocycles. The predicted octanol–water partition coefficient (Wildman–Crippen LogP) is 6.24. The smallest absolute Gasteiger partial charge is 0.233 e. The van der Waals surface area contributed by atoms with E-state index in [1.54, 1.807) is 22.4 Å². The molecule has 5 rings (SSSR count). The number of aromatic nitrogens is 2. The summed E-state index contributed by atoms with van der Waals surface area (Å²) in [6, 6.07) is 24.4. The van der Waals surface area contributed by atoms with E-state index in [4.69, 9.17) is 4.98 Å². The van der Waals surface area contributed by atoms with Crippen LogP contribution in [0.25, 0.3) is 21.0 Å². The monoisotopic (exact) mass is 437 g/mol. The van der Waals surface area contributed by atoms with Crippen LogP contribution in [0.4, 0.5) is 5.13 Å². The van der Waals surface area contributed by atoms with Gasteiger partial charge in [-0.05, 0) is 59.5 Å². The van der Waals surface area contributed by atoms with Crippen LogP contribution in [0.5, 0.6) is 0 Å². The highest BCUT2D eigenvalue weighted by atomic mass is 32.1. The Kier molecular flexibility index (Phi) is 5.41. The van der Waals surface area contributed by atoms with Crippen LogP contribution in [0, 0.1) is 13.8 Å². The minimum atomic E-state index is 0.0133. The largest absolute Gasteiger partial charge is 0.282 e. The summed E-state index contributed by atoms with van der Waals surface area (Å²) in [4.78, 5) is 24.6. The van der Waals surface area contributed by atoms with Crippen molar-refractivity contribution >= 4 is 43.4 Å². The molecule has 0 atom stereocenters. The van der Waals surface area contributed by atoms with E-state index in [2.05, 4.69) is 55.2 Å². The van der Waals surface area contributed by atoms with Crippen molar-refractivity contribution in [3.05, 3.63) is 101 Å². The lowest BCUT2D eigenvalue weighted by Gasteiger charge is -2.20. The Morgan fingerprint density at radius 3 is 2.56 bits per heavy atom. The molecule has 0 bridgehead atoms. The number of thiazole rings is 1. The molecule has 0 N–H and O–H groups in total. The quantitative estimate of drug-likeness (QED) is 0.327. The average Bonchev–Trinajstić information content (AvgIpc) is 3.22. The summed E-state index contributed by atoms with van der Waals surface area (Å²) >= 11 is 1.56. The van der Waals surface area contributed by atoms with Gasteiger partial charge >= 0.3 is 0 Å². The molecule has 0 fully saturated rings. The second-order valence-corrected chi connectivity index (χ2v) is 9.09. The summed E-state index contributed by atoms with van der Waals surface area (Å²) in [6.07, 6.45) is 2.07. The third kappa shape index (κ3) is 4.12. The van der Waals surface area contributed by atoms with Crippen LogP contribution in [-0.4, -0.2) is 15.9 Å². The molecule has 32 heavy (non-hydrogen) atoms. The van der Waals surface area contributed by atoms with Crippen LogP contribution >= 0.6 is 11.3 Å². The van der Waals surface area contributed by atoms with Crippen LogP contribution < -0.4 is 4.90 Å². The maximum Gasteiger partial charge on any atom is 0.233 e. The number of nitrogens with zero attached hydrogens (tertiary/aromatic N) is 3. The van der Waals surface area contributed by atoms with E-state index in [0.29, 0.717) is 18.1 Å². The summed E-state index contributed by atoms with van der Waals surface area (Å²) in [5.74, 6) is 0.0133. The van der Waals surface area contributed by atoms with E-state index in [1.165, 1.54) is 10.9 Å². The van der Waals surface area contributed by atoms with Gasteiger partial charge in [0, 0.05) is 6.20 Å². The maximum absolute atomic E-state index is 13.5. The zero-order valence-electron chi connectivity index (χ0n) is 18.1. The Hall–Kier alpha value is -3.57. The number of pyridine rings is 1. The Balaban J connectivity index is 1.51. The van der Waals surface area contributed by atoms with Crippen molar-refractivity contribution in [1.82, 2.24) is 9.97 Å². The summed E-state index contributed by atoms with van der Waals surface area (Å²) in [5, 5.41) is 3.02. The van der Waals surface area contributed by atoms with Gasteiger partial charge in [0.15, 0.2) is 5.13 Å². The number of amides is 1. The fourth-order valence-corrected chi connectivity index (χ4v) is 5.17. The number of aryl methyl sites for hydroxylation is 2. The standard InChI is InChI=1S/C27H23N3OS/c1-18-13-19(2)26-24(14-18)32-27(29-26)30(17-23-9-5-6-12-28-23)25(31)16-20-10-11-21-7-3-4-8-22(21)15-20/h3-15H,16-17H2,1-2H3. The summed E-state index contributed by atoms with van der Waals surface area (Å²) in [7, 11) is 0. The highest BCUT2D eigenvalue weighted by Gasteiger charge is 2.22. The highest BCUT2D eigenvalue weighted by molar-refractivity contribution is 7.22. The van der Waals surface area contributed by atoms with Crippen molar-refractivity contribution in [2.45, 2.75) is 26.8 Å². The molecule has 2 aromatic heterocycles. The van der Waals surface area contributed by atoms with Gasteiger partial charge in [-0.3, -0.25) is 14.7 Å². The molecule has 0 spiro atoms. The lowest BCUT2D eigenvalue weighted by Crippen LogP contribution is -2.32. The van der Waals surface area contributed by atoms with Gasteiger partial charge in [-0.2, -0.15) is 0 Å². The number of hydrogen-bond acceptors (Lipinski definition) is 4. The van der Waals surface area contributed by atoms with Crippen LogP contribution in [0.2, 0.25) is 0 Å². The molecule has 0 aliphatic carbocycles. The van der Waals surface area contributed by atoms with Crippen LogP contribution in [0.3, 0.4) is 0 Å². The van der Waals surface area contributed by atoms with Gasteiger partial charge in [0.25, 0.3) is 0 Å². The van der Waals surface area contributed by atoms with Gasteiger partial charge < -0.3 is 0 Å². The Morgan fingerprint density at radius 2 is 1.75 bits per heavy atom. The van der Waals surface area contributed by atoms with Crippen molar-refractivity contribution < 1.29 is 4.79 Å². The molecule has 0 unspecified atom stereocenters. The first-order valence-electron chi connectivity index (χ1n) is 10.6. The predicted molar refractivity (Wildman–Crippen MR) is 132 cm³/mol. The van der Waals surface area contributed by atoms with Crippen LogP contribution in [-0.2, 0) is 17.8 Å². The van der Waals surface area contributed by atoms with Crippen LogP contribution in [0.15, 0.2) is 79.0 Å². The molecule has 158 valence electrons. The van der Waals surface area contributed by atoms with E-state index in [0.717, 1.165) is 32.4 Å². The van der Waals surface area contributed by atoms with E-state index in [9.17, 15) is 4.79 Å². The molecule has 0 aliphatic heterocycles. The second kappa shape index (κ2) is 8.52. The minimum Gasteiger partial charge on any atom is -0.282 e. The van der Waals surface area contributed by atoms with Crippen molar-refractivity contribution in [1.29, 1.82) is 0 Å². The summed E-state index contributed by atoms with van der Waals surface area (Å²) in [5.41, 5.74) is 5.12. The third-order valence-electron chi connectivity index (χ3n) is 5.57. The van der Waals surface area contributed by atoms with E-state index in [1.807, 2.05) is 36.4 Å². The number of hydrogen-bond donors (Lipinski definition) is 0. The van der Waals surface area contributed by atoms with Crippen molar-refractivity contribution in [2.75, 3.05) is 4.90 Å². The second-order valence-electron chi connectivity index (χ2n) is 8.08. The maximum atomic E-state index is 13.5. The topological polar surface area (TPSA) is 46.1 Å². The van der Waals surface area contributed by atoms with Crippen LogP contribution in [0.1, 0.15) is 22.4 Å². The lowest BCUT2D eigenvalue weighted by molar-refractivity contribution is -0.118. The average molecular weight is 438 g/mol. The normalized spacial score (nSPS) is 11.2. The molecule has 3 aromatic carbocycles. The minimum absolute atomic E-state index is 0.0133. The van der Waals surface area contributed by atoms with E-state index < -0.39 is 0 Å². The van der Waals surface area contributed by atoms with Crippen molar-refractivity contribution in [3.8, 4) is 0 Å². The van der Waals surface area contributed by atoms with Gasteiger partial charge in [0.2, 0.25) is 5.91 Å². The van der Waals surface area contributed by atoms with Gasteiger partial charge in [0.1, 0.15) is 0 Å². The molecule has 2 heterocycles. The van der Waals surface area contributed by atoms with Crippen molar-refractivity contribution in [3.63, 3.8) is 0 Å². The zero-order chi connectivity index (χ0) is 22.1. The lowest BCUT2D eigenvalue weighted by atomic mass is 10.0. The molecule has 0 aliphatic rings. The summed E-state index contributed by atoms with van der Waals surface area (Å²) in [6.45, 7) is 4.55. The first-order valence-corrected chi connectivity index (χ1v) is 11.4. The van der Waals surface area contributed by atoms with E-state index >= 15 is 0 Å².